The summed E-state index contributed by atoms with van der Waals surface area (Å²) in [7, 11) is 0. The lowest BCUT2D eigenvalue weighted by atomic mass is 9.86. The van der Waals surface area contributed by atoms with E-state index in [2.05, 4.69) is 32.1 Å². The van der Waals surface area contributed by atoms with E-state index in [1.54, 1.807) is 0 Å². The molecule has 1 aliphatic rings. The zero-order valence-electron chi connectivity index (χ0n) is 14.9. The van der Waals surface area contributed by atoms with Crippen molar-refractivity contribution in [3.63, 3.8) is 0 Å². The maximum absolute atomic E-state index is 14.6. The summed E-state index contributed by atoms with van der Waals surface area (Å²) < 4.78 is 20.6. The van der Waals surface area contributed by atoms with E-state index in [1.165, 1.54) is 0 Å². The molecule has 2 atom stereocenters. The average Bonchev–Trinajstić information content (AvgIpc) is 2.57. The first kappa shape index (κ1) is 18.2. The van der Waals surface area contributed by atoms with Gasteiger partial charge in [-0.2, -0.15) is 0 Å². The summed E-state index contributed by atoms with van der Waals surface area (Å²) in [5.74, 6) is 0.355. The molecule has 1 aromatic rings. The van der Waals surface area contributed by atoms with Crippen LogP contribution in [0.1, 0.15) is 75.0 Å². The topological polar surface area (TPSA) is 9.23 Å². The third-order valence-electron chi connectivity index (χ3n) is 5.01. The SMILES string of the molecule is C/C=C/CCC1CCC(c2ccc(CCCC)c(F)c2C)CO1. The van der Waals surface area contributed by atoms with E-state index in [-0.39, 0.29) is 5.82 Å². The number of ether oxygens (including phenoxy) is 1. The standard InChI is InChI=1S/C21H31FO/c1-4-6-8-10-19-13-11-18(15-23-19)20-14-12-17(9-7-5-2)21(22)16(20)3/h4,6,12,14,18-19H,5,7-11,13,15H2,1-3H3/b6-4+. The van der Waals surface area contributed by atoms with Crippen LogP contribution in [0.5, 0.6) is 0 Å². The van der Waals surface area contributed by atoms with Gasteiger partial charge in [0.05, 0.1) is 12.7 Å². The Kier molecular flexibility index (Phi) is 7.29. The van der Waals surface area contributed by atoms with Crippen molar-refractivity contribution in [2.45, 2.75) is 77.7 Å². The quantitative estimate of drug-likeness (QED) is 0.552. The van der Waals surface area contributed by atoms with Gasteiger partial charge in [-0.3, -0.25) is 0 Å². The van der Waals surface area contributed by atoms with Crippen molar-refractivity contribution < 1.29 is 9.13 Å². The molecule has 0 bridgehead atoms. The minimum atomic E-state index is 0.00570. The van der Waals surface area contributed by atoms with Crippen LogP contribution in [0.2, 0.25) is 0 Å². The highest BCUT2D eigenvalue weighted by Crippen LogP contribution is 2.33. The van der Waals surface area contributed by atoms with Crippen molar-refractivity contribution in [3.8, 4) is 0 Å². The molecule has 0 aromatic heterocycles. The summed E-state index contributed by atoms with van der Waals surface area (Å²) in [6.45, 7) is 6.86. The molecule has 2 unspecified atom stereocenters. The molecule has 0 aliphatic carbocycles. The van der Waals surface area contributed by atoms with E-state index in [0.29, 0.717) is 12.0 Å². The molecule has 23 heavy (non-hydrogen) atoms. The van der Waals surface area contributed by atoms with Gasteiger partial charge in [-0.05, 0) is 69.1 Å². The fourth-order valence-electron chi connectivity index (χ4n) is 3.49. The van der Waals surface area contributed by atoms with Gasteiger partial charge in [0.25, 0.3) is 0 Å². The number of halogens is 1. The van der Waals surface area contributed by atoms with Gasteiger partial charge in [0.2, 0.25) is 0 Å². The summed E-state index contributed by atoms with van der Waals surface area (Å²) in [5.41, 5.74) is 2.85. The molecule has 1 saturated heterocycles. The van der Waals surface area contributed by atoms with Gasteiger partial charge >= 0.3 is 0 Å². The van der Waals surface area contributed by atoms with E-state index in [0.717, 1.165) is 68.2 Å². The fourth-order valence-corrected chi connectivity index (χ4v) is 3.49. The van der Waals surface area contributed by atoms with Crippen LogP contribution in [-0.4, -0.2) is 12.7 Å². The van der Waals surface area contributed by atoms with E-state index in [4.69, 9.17) is 4.74 Å². The Hall–Kier alpha value is -1.15. The average molecular weight is 318 g/mol. The van der Waals surface area contributed by atoms with E-state index in [1.807, 2.05) is 13.0 Å². The number of hydrogen-bond donors (Lipinski definition) is 0. The molecular weight excluding hydrogens is 287 g/mol. The largest absolute Gasteiger partial charge is 0.378 e. The lowest BCUT2D eigenvalue weighted by Gasteiger charge is -2.30. The highest BCUT2D eigenvalue weighted by Gasteiger charge is 2.24. The monoisotopic (exact) mass is 318 g/mol. The Morgan fingerprint density at radius 3 is 2.78 bits per heavy atom. The first-order chi connectivity index (χ1) is 11.2. The van der Waals surface area contributed by atoms with Crippen molar-refractivity contribution in [2.75, 3.05) is 6.61 Å². The summed E-state index contributed by atoms with van der Waals surface area (Å²) >= 11 is 0. The fraction of sp³-hybridized carbons (Fsp3) is 0.619. The molecule has 2 rings (SSSR count). The highest BCUT2D eigenvalue weighted by atomic mass is 19.1. The molecule has 1 aromatic carbocycles. The van der Waals surface area contributed by atoms with Gasteiger partial charge in [0.15, 0.2) is 0 Å². The molecule has 1 nitrogen and oxygen atoms in total. The van der Waals surface area contributed by atoms with Gasteiger partial charge in [-0.25, -0.2) is 4.39 Å². The third kappa shape index (κ3) is 4.91. The van der Waals surface area contributed by atoms with Crippen LogP contribution in [-0.2, 0) is 11.2 Å². The predicted octanol–water partition coefficient (Wildman–Crippen LogP) is 6.10. The van der Waals surface area contributed by atoms with Crippen molar-refractivity contribution in [1.29, 1.82) is 0 Å². The van der Waals surface area contributed by atoms with Gasteiger partial charge < -0.3 is 4.74 Å². The first-order valence-electron chi connectivity index (χ1n) is 9.18. The van der Waals surface area contributed by atoms with Crippen molar-refractivity contribution in [2.24, 2.45) is 0 Å². The molecule has 0 radical (unpaired) electrons. The molecule has 1 heterocycles. The summed E-state index contributed by atoms with van der Waals surface area (Å²) in [6.07, 6.45) is 12.0. The van der Waals surface area contributed by atoms with Crippen LogP contribution in [0.25, 0.3) is 0 Å². The number of benzene rings is 1. The van der Waals surface area contributed by atoms with Crippen LogP contribution in [0.15, 0.2) is 24.3 Å². The molecule has 1 aliphatic heterocycles. The Bertz CT molecular complexity index is 513. The van der Waals surface area contributed by atoms with E-state index in [9.17, 15) is 4.39 Å². The summed E-state index contributed by atoms with van der Waals surface area (Å²) in [5, 5.41) is 0. The molecule has 1 fully saturated rings. The van der Waals surface area contributed by atoms with Gasteiger partial charge in [-0.1, -0.05) is 37.6 Å². The Balaban J connectivity index is 1.96. The maximum Gasteiger partial charge on any atom is 0.129 e. The molecule has 0 saturated carbocycles. The van der Waals surface area contributed by atoms with Crippen LogP contribution >= 0.6 is 0 Å². The van der Waals surface area contributed by atoms with Gasteiger partial charge in [0, 0.05) is 5.92 Å². The van der Waals surface area contributed by atoms with E-state index < -0.39 is 0 Å². The number of aryl methyl sites for hydroxylation is 1. The highest BCUT2D eigenvalue weighted by molar-refractivity contribution is 5.35. The number of hydrogen-bond acceptors (Lipinski definition) is 1. The Labute approximate surface area is 140 Å². The minimum Gasteiger partial charge on any atom is -0.378 e. The first-order valence-corrected chi connectivity index (χ1v) is 9.18. The zero-order valence-corrected chi connectivity index (χ0v) is 14.9. The van der Waals surface area contributed by atoms with E-state index >= 15 is 0 Å². The van der Waals surface area contributed by atoms with Crippen molar-refractivity contribution in [1.82, 2.24) is 0 Å². The Morgan fingerprint density at radius 2 is 2.13 bits per heavy atom. The van der Waals surface area contributed by atoms with Gasteiger partial charge in [-0.15, -0.1) is 0 Å². The number of rotatable bonds is 7. The summed E-state index contributed by atoms with van der Waals surface area (Å²) in [6, 6.07) is 4.13. The smallest absolute Gasteiger partial charge is 0.129 e. The summed E-state index contributed by atoms with van der Waals surface area (Å²) in [4.78, 5) is 0. The van der Waals surface area contributed by atoms with Crippen LogP contribution in [0, 0.1) is 12.7 Å². The van der Waals surface area contributed by atoms with Crippen LogP contribution in [0.4, 0.5) is 4.39 Å². The second kappa shape index (κ2) is 9.22. The molecule has 0 N–H and O–H groups in total. The lowest BCUT2D eigenvalue weighted by Crippen LogP contribution is -2.25. The predicted molar refractivity (Wildman–Crippen MR) is 95.5 cm³/mol. The lowest BCUT2D eigenvalue weighted by molar-refractivity contribution is -0.000353. The molecule has 2 heteroatoms. The maximum atomic E-state index is 14.6. The molecular formula is C21H31FO. The number of unbranched alkanes of at least 4 members (excludes halogenated alkanes) is 1. The van der Waals surface area contributed by atoms with Gasteiger partial charge in [0.1, 0.15) is 5.82 Å². The normalized spacial score (nSPS) is 21.9. The van der Waals surface area contributed by atoms with Crippen LogP contribution < -0.4 is 0 Å². The second-order valence-electron chi connectivity index (χ2n) is 6.73. The third-order valence-corrected chi connectivity index (χ3v) is 5.01. The molecule has 128 valence electrons. The minimum absolute atomic E-state index is 0.00570. The zero-order chi connectivity index (χ0) is 16.7. The Morgan fingerprint density at radius 1 is 1.30 bits per heavy atom. The van der Waals surface area contributed by atoms with Crippen LogP contribution in [0.3, 0.4) is 0 Å². The van der Waals surface area contributed by atoms with Crippen molar-refractivity contribution in [3.05, 3.63) is 46.8 Å². The number of allylic oxidation sites excluding steroid dienone is 2. The molecule has 0 amide bonds. The van der Waals surface area contributed by atoms with Crippen molar-refractivity contribution >= 4 is 0 Å². The second-order valence-corrected chi connectivity index (χ2v) is 6.73. The molecule has 0 spiro atoms.